The van der Waals surface area contributed by atoms with Crippen molar-refractivity contribution < 1.29 is 13.5 Å². The molecule has 2 aliphatic rings. The van der Waals surface area contributed by atoms with E-state index in [0.717, 1.165) is 12.8 Å². The fourth-order valence-corrected chi connectivity index (χ4v) is 3.34. The van der Waals surface area contributed by atoms with Crippen LogP contribution in [0, 0.1) is 5.92 Å². The summed E-state index contributed by atoms with van der Waals surface area (Å²) in [5, 5.41) is 3.71. The van der Waals surface area contributed by atoms with E-state index in [0.29, 0.717) is 28.0 Å². The van der Waals surface area contributed by atoms with E-state index in [-0.39, 0.29) is 17.2 Å². The molecule has 0 spiro atoms. The van der Waals surface area contributed by atoms with Gasteiger partial charge >= 0.3 is 0 Å². The SMILES string of the molecule is FC(F)C1(OCC2CC2)c2cc(Cl)ccc2Nc2ncc(Cl)cc21. The molecule has 3 nitrogen and oxygen atoms in total. The third-order valence-corrected chi connectivity index (χ3v) is 4.88. The molecule has 1 aliphatic heterocycles. The number of aromatic nitrogens is 1. The van der Waals surface area contributed by atoms with Crippen molar-refractivity contribution in [3.05, 3.63) is 51.6 Å². The molecule has 2 heterocycles. The van der Waals surface area contributed by atoms with E-state index in [9.17, 15) is 8.78 Å². The van der Waals surface area contributed by atoms with Crippen molar-refractivity contribution >= 4 is 34.7 Å². The van der Waals surface area contributed by atoms with Gasteiger partial charge in [0.05, 0.1) is 11.6 Å². The first-order chi connectivity index (χ1) is 11.5. The number of hydrogen-bond donors (Lipinski definition) is 1. The summed E-state index contributed by atoms with van der Waals surface area (Å²) in [6.45, 7) is 0.266. The summed E-state index contributed by atoms with van der Waals surface area (Å²) in [4.78, 5) is 4.17. The molecule has 0 radical (unpaired) electrons. The highest BCUT2D eigenvalue weighted by Crippen LogP contribution is 2.51. The van der Waals surface area contributed by atoms with Crippen molar-refractivity contribution in [1.82, 2.24) is 4.98 Å². The van der Waals surface area contributed by atoms with Crippen molar-refractivity contribution in [1.29, 1.82) is 0 Å². The zero-order valence-corrected chi connectivity index (χ0v) is 14.0. The molecular formula is C17H14Cl2F2N2O. The second-order valence-electron chi connectivity index (χ2n) is 6.16. The van der Waals surface area contributed by atoms with Gasteiger partial charge in [0.25, 0.3) is 6.43 Å². The van der Waals surface area contributed by atoms with E-state index in [1.165, 1.54) is 18.3 Å². The average molecular weight is 371 g/mol. The maximum atomic E-state index is 14.4. The molecular weight excluding hydrogens is 357 g/mol. The number of anilines is 2. The Kier molecular flexibility index (Phi) is 3.90. The lowest BCUT2D eigenvalue weighted by atomic mass is 9.82. The van der Waals surface area contributed by atoms with Gasteiger partial charge in [0.15, 0.2) is 5.60 Å². The maximum Gasteiger partial charge on any atom is 0.275 e. The summed E-state index contributed by atoms with van der Waals surface area (Å²) in [5.74, 6) is 0.652. The van der Waals surface area contributed by atoms with Gasteiger partial charge in [0.2, 0.25) is 0 Å². The number of rotatable bonds is 4. The van der Waals surface area contributed by atoms with Crippen LogP contribution in [0.25, 0.3) is 0 Å². The van der Waals surface area contributed by atoms with Gasteiger partial charge in [0.1, 0.15) is 5.82 Å². The van der Waals surface area contributed by atoms with Gasteiger partial charge in [-0.25, -0.2) is 13.8 Å². The van der Waals surface area contributed by atoms with E-state index in [4.69, 9.17) is 27.9 Å². The Balaban J connectivity index is 1.94. The number of benzene rings is 1. The quantitative estimate of drug-likeness (QED) is 0.784. The number of ether oxygens (including phenoxy) is 1. The van der Waals surface area contributed by atoms with Crippen LogP contribution in [0.5, 0.6) is 0 Å². The first kappa shape index (κ1) is 16.1. The Hall–Kier alpha value is -1.43. The van der Waals surface area contributed by atoms with Crippen molar-refractivity contribution in [3.63, 3.8) is 0 Å². The summed E-state index contributed by atoms with van der Waals surface area (Å²) in [5.41, 5.74) is -0.873. The van der Waals surface area contributed by atoms with Crippen molar-refractivity contribution in [2.24, 2.45) is 5.92 Å². The lowest BCUT2D eigenvalue weighted by molar-refractivity contribution is -0.123. The van der Waals surface area contributed by atoms with Crippen molar-refractivity contribution in [3.8, 4) is 0 Å². The first-order valence-electron chi connectivity index (χ1n) is 7.66. The van der Waals surface area contributed by atoms with Gasteiger partial charge < -0.3 is 10.1 Å². The van der Waals surface area contributed by atoms with Gasteiger partial charge in [-0.2, -0.15) is 0 Å². The molecule has 126 valence electrons. The Morgan fingerprint density at radius 2 is 1.96 bits per heavy atom. The fourth-order valence-electron chi connectivity index (χ4n) is 3.01. The van der Waals surface area contributed by atoms with Crippen LogP contribution in [0.2, 0.25) is 10.0 Å². The van der Waals surface area contributed by atoms with E-state index < -0.39 is 12.0 Å². The molecule has 0 amide bonds. The van der Waals surface area contributed by atoms with Crippen LogP contribution in [-0.4, -0.2) is 18.0 Å². The molecule has 1 aromatic heterocycles. The molecule has 1 N–H and O–H groups in total. The van der Waals surface area contributed by atoms with Gasteiger partial charge in [-0.15, -0.1) is 0 Å². The highest BCUT2D eigenvalue weighted by molar-refractivity contribution is 6.31. The lowest BCUT2D eigenvalue weighted by Gasteiger charge is -2.39. The normalized spacial score (nSPS) is 22.0. The van der Waals surface area contributed by atoms with Crippen molar-refractivity contribution in [2.75, 3.05) is 11.9 Å². The number of pyridine rings is 1. The third kappa shape index (κ3) is 2.55. The molecule has 1 unspecified atom stereocenters. The first-order valence-corrected chi connectivity index (χ1v) is 8.41. The lowest BCUT2D eigenvalue weighted by Crippen LogP contribution is -2.43. The standard InChI is InChI=1S/C17H14Cl2F2N2O/c18-10-3-4-14-12(5-10)17(16(20)21,24-8-9-1-2-9)13-6-11(19)7-22-15(13)23-14/h3-7,9,16H,1-2,8H2,(H,22,23). The minimum Gasteiger partial charge on any atom is -0.359 e. The number of fused-ring (bicyclic) bond motifs is 2. The topological polar surface area (TPSA) is 34.1 Å². The summed E-state index contributed by atoms with van der Waals surface area (Å²) in [6, 6.07) is 6.31. The molecule has 1 aliphatic carbocycles. The smallest absolute Gasteiger partial charge is 0.275 e. The Bertz CT molecular complexity index is 745. The molecule has 4 rings (SSSR count). The van der Waals surface area contributed by atoms with Crippen LogP contribution < -0.4 is 5.32 Å². The number of nitrogens with zero attached hydrogens (tertiary/aromatic N) is 1. The van der Waals surface area contributed by atoms with Gasteiger partial charge in [-0.3, -0.25) is 0 Å². The number of halogens is 4. The minimum absolute atomic E-state index is 0.236. The number of alkyl halides is 2. The van der Waals surface area contributed by atoms with Gasteiger partial charge in [-0.05, 0) is 43.0 Å². The van der Waals surface area contributed by atoms with Crippen LogP contribution in [-0.2, 0) is 10.3 Å². The highest BCUT2D eigenvalue weighted by Gasteiger charge is 2.51. The molecule has 0 saturated heterocycles. The fraction of sp³-hybridized carbons (Fsp3) is 0.353. The molecule has 1 saturated carbocycles. The average Bonchev–Trinajstić information content (AvgIpc) is 3.36. The Morgan fingerprint density at radius 3 is 2.67 bits per heavy atom. The predicted octanol–water partition coefficient (Wildman–Crippen LogP) is 5.38. The zero-order valence-electron chi connectivity index (χ0n) is 12.5. The monoisotopic (exact) mass is 370 g/mol. The van der Waals surface area contributed by atoms with Crippen molar-refractivity contribution in [2.45, 2.75) is 24.9 Å². The molecule has 7 heteroatoms. The van der Waals surface area contributed by atoms with E-state index in [2.05, 4.69) is 10.3 Å². The summed E-state index contributed by atoms with van der Waals surface area (Å²) < 4.78 is 34.7. The molecule has 1 fully saturated rings. The second-order valence-corrected chi connectivity index (χ2v) is 7.03. The predicted molar refractivity (Wildman–Crippen MR) is 89.4 cm³/mol. The molecule has 2 aromatic rings. The Labute approximate surface area is 147 Å². The van der Waals surface area contributed by atoms with Crippen LogP contribution in [0.3, 0.4) is 0 Å². The maximum absolute atomic E-state index is 14.4. The summed E-state index contributed by atoms with van der Waals surface area (Å²) in [6.07, 6.45) is 0.627. The Morgan fingerprint density at radius 1 is 1.21 bits per heavy atom. The molecule has 24 heavy (non-hydrogen) atoms. The van der Waals surface area contributed by atoms with E-state index in [1.54, 1.807) is 12.1 Å². The minimum atomic E-state index is -2.80. The van der Waals surface area contributed by atoms with Gasteiger partial charge in [-0.1, -0.05) is 23.2 Å². The van der Waals surface area contributed by atoms with Crippen LogP contribution in [0.4, 0.5) is 20.3 Å². The highest BCUT2D eigenvalue weighted by atomic mass is 35.5. The molecule has 1 aromatic carbocycles. The second kappa shape index (κ2) is 5.83. The van der Waals surface area contributed by atoms with E-state index in [1.807, 2.05) is 0 Å². The number of nitrogens with one attached hydrogen (secondary N) is 1. The molecule has 1 atom stereocenters. The van der Waals surface area contributed by atoms with Crippen LogP contribution >= 0.6 is 23.2 Å². The van der Waals surface area contributed by atoms with E-state index >= 15 is 0 Å². The number of hydrogen-bond acceptors (Lipinski definition) is 3. The van der Waals surface area contributed by atoms with Crippen LogP contribution in [0.15, 0.2) is 30.5 Å². The summed E-state index contributed by atoms with van der Waals surface area (Å²) in [7, 11) is 0. The third-order valence-electron chi connectivity index (χ3n) is 4.44. The molecule has 0 bridgehead atoms. The zero-order chi connectivity index (χ0) is 16.9. The largest absolute Gasteiger partial charge is 0.359 e. The van der Waals surface area contributed by atoms with Gasteiger partial charge in [0, 0.05) is 28.0 Å². The summed E-state index contributed by atoms with van der Waals surface area (Å²) >= 11 is 12.1. The van der Waals surface area contributed by atoms with Crippen LogP contribution in [0.1, 0.15) is 24.0 Å².